The molecule has 4 nitrogen and oxygen atoms in total. The average molecular weight is 196 g/mol. The lowest BCUT2D eigenvalue weighted by atomic mass is 9.87. The molecular weight excluding hydrogens is 184 g/mol. The molecule has 14 heavy (non-hydrogen) atoms. The highest BCUT2D eigenvalue weighted by Crippen LogP contribution is 2.34. The van der Waals surface area contributed by atoms with Crippen LogP contribution in [0.5, 0.6) is 0 Å². The second kappa shape index (κ2) is 3.12. The topological polar surface area (TPSA) is 52.6 Å². The van der Waals surface area contributed by atoms with E-state index in [9.17, 15) is 9.59 Å². The summed E-state index contributed by atoms with van der Waals surface area (Å²) in [4.78, 5) is 22.4. The molecule has 4 heteroatoms. The summed E-state index contributed by atoms with van der Waals surface area (Å²) in [5.74, 6) is -0.249. The molecule has 0 aliphatic carbocycles. The van der Waals surface area contributed by atoms with Gasteiger partial charge in [-0.3, -0.25) is 9.59 Å². The minimum Gasteiger partial charge on any atom is -0.462 e. The van der Waals surface area contributed by atoms with E-state index in [0.717, 1.165) is 0 Å². The van der Waals surface area contributed by atoms with Gasteiger partial charge in [-0.2, -0.15) is 0 Å². The molecule has 2 rings (SSSR count). The summed E-state index contributed by atoms with van der Waals surface area (Å²) in [6.07, 6.45) is 1.89. The second-order valence-corrected chi connectivity index (χ2v) is 3.79. The van der Waals surface area contributed by atoms with Crippen molar-refractivity contribution < 1.29 is 19.1 Å². The van der Waals surface area contributed by atoms with E-state index in [1.54, 1.807) is 13.0 Å². The number of ether oxygens (including phenoxy) is 2. The van der Waals surface area contributed by atoms with Crippen LogP contribution in [0.2, 0.25) is 0 Å². The number of cyclic esters (lactones) is 2. The lowest BCUT2D eigenvalue weighted by Crippen LogP contribution is -2.24. The quantitative estimate of drug-likeness (QED) is 0.587. The highest BCUT2D eigenvalue weighted by molar-refractivity contribution is 5.81. The first-order valence-corrected chi connectivity index (χ1v) is 4.67. The van der Waals surface area contributed by atoms with Crippen LogP contribution >= 0.6 is 0 Å². The molecule has 2 aliphatic rings. The van der Waals surface area contributed by atoms with Gasteiger partial charge >= 0.3 is 11.9 Å². The molecule has 3 atom stereocenters. The van der Waals surface area contributed by atoms with Crippen molar-refractivity contribution in [1.29, 1.82) is 0 Å². The third-order valence-electron chi connectivity index (χ3n) is 2.73. The van der Waals surface area contributed by atoms with Crippen LogP contribution in [-0.4, -0.2) is 18.0 Å². The maximum Gasteiger partial charge on any atom is 0.318 e. The minimum atomic E-state index is -0.309. The first-order valence-electron chi connectivity index (χ1n) is 4.67. The molecule has 0 aromatic heterocycles. The first-order chi connectivity index (χ1) is 6.58. The van der Waals surface area contributed by atoms with E-state index < -0.39 is 0 Å². The highest BCUT2D eigenvalue weighted by Gasteiger charge is 2.42. The van der Waals surface area contributed by atoms with Crippen LogP contribution in [0.25, 0.3) is 0 Å². The van der Waals surface area contributed by atoms with Gasteiger partial charge in [-0.05, 0) is 19.9 Å². The van der Waals surface area contributed by atoms with Gasteiger partial charge in [0.25, 0.3) is 0 Å². The normalized spacial score (nSPS) is 36.7. The van der Waals surface area contributed by atoms with E-state index in [-0.39, 0.29) is 29.9 Å². The molecule has 0 aromatic rings. The Morgan fingerprint density at radius 1 is 1.43 bits per heavy atom. The van der Waals surface area contributed by atoms with Crippen molar-refractivity contribution in [2.24, 2.45) is 11.8 Å². The Hall–Kier alpha value is -1.32. The molecule has 2 aliphatic heterocycles. The predicted octanol–water partition coefficient (Wildman–Crippen LogP) is 1.01. The van der Waals surface area contributed by atoms with Crippen molar-refractivity contribution in [3.63, 3.8) is 0 Å². The lowest BCUT2D eigenvalue weighted by Gasteiger charge is -2.15. The van der Waals surface area contributed by atoms with Crippen molar-refractivity contribution in [1.82, 2.24) is 0 Å². The summed E-state index contributed by atoms with van der Waals surface area (Å²) in [5.41, 5.74) is 0. The smallest absolute Gasteiger partial charge is 0.318 e. The summed E-state index contributed by atoms with van der Waals surface area (Å²) in [6.45, 7) is 3.55. The van der Waals surface area contributed by atoms with Gasteiger partial charge in [-0.15, -0.1) is 0 Å². The maximum absolute atomic E-state index is 11.4. The second-order valence-electron chi connectivity index (χ2n) is 3.79. The fourth-order valence-corrected chi connectivity index (χ4v) is 2.00. The van der Waals surface area contributed by atoms with E-state index in [4.69, 9.17) is 9.47 Å². The van der Waals surface area contributed by atoms with E-state index in [2.05, 4.69) is 0 Å². The van der Waals surface area contributed by atoms with Gasteiger partial charge in [-0.1, -0.05) is 0 Å². The van der Waals surface area contributed by atoms with Crippen LogP contribution in [0.4, 0.5) is 0 Å². The maximum atomic E-state index is 11.4. The number of rotatable bonds is 1. The van der Waals surface area contributed by atoms with Crippen molar-refractivity contribution in [2.75, 3.05) is 0 Å². The number of carbonyl (C=O) groups is 2. The van der Waals surface area contributed by atoms with Crippen LogP contribution in [0, 0.1) is 11.8 Å². The molecule has 0 N–H and O–H groups in total. The molecule has 3 unspecified atom stereocenters. The molecule has 0 bridgehead atoms. The van der Waals surface area contributed by atoms with Crippen molar-refractivity contribution in [3.05, 3.63) is 11.8 Å². The van der Waals surface area contributed by atoms with Crippen LogP contribution in [0.15, 0.2) is 11.8 Å². The standard InChI is InChI=1S/C10H12O4/c1-5-3-8(10(12)13-5)7-4-9(11)14-6(7)2/h3,6-8H,4H2,1-2H3. The Morgan fingerprint density at radius 3 is 2.57 bits per heavy atom. The van der Waals surface area contributed by atoms with Gasteiger partial charge in [0, 0.05) is 5.92 Å². The fourth-order valence-electron chi connectivity index (χ4n) is 2.00. The zero-order valence-electron chi connectivity index (χ0n) is 8.15. The molecule has 2 heterocycles. The van der Waals surface area contributed by atoms with Gasteiger partial charge < -0.3 is 9.47 Å². The largest absolute Gasteiger partial charge is 0.462 e. The van der Waals surface area contributed by atoms with Crippen LogP contribution in [-0.2, 0) is 19.1 Å². The van der Waals surface area contributed by atoms with Crippen molar-refractivity contribution >= 4 is 11.9 Å². The van der Waals surface area contributed by atoms with Gasteiger partial charge in [0.05, 0.1) is 12.3 Å². The minimum absolute atomic E-state index is 0.0625. The lowest BCUT2D eigenvalue weighted by molar-refractivity contribution is -0.143. The molecule has 0 amide bonds. The predicted molar refractivity (Wildman–Crippen MR) is 47.0 cm³/mol. The Kier molecular flexibility index (Phi) is 2.06. The van der Waals surface area contributed by atoms with E-state index in [1.807, 2.05) is 6.92 Å². The summed E-state index contributed by atoms with van der Waals surface area (Å²) in [7, 11) is 0. The fraction of sp³-hybridized carbons (Fsp3) is 0.600. The molecule has 1 fully saturated rings. The van der Waals surface area contributed by atoms with Crippen LogP contribution in [0.1, 0.15) is 20.3 Å². The third kappa shape index (κ3) is 1.41. The zero-order chi connectivity index (χ0) is 10.3. The van der Waals surface area contributed by atoms with E-state index in [1.165, 1.54) is 0 Å². The monoisotopic (exact) mass is 196 g/mol. The third-order valence-corrected chi connectivity index (χ3v) is 2.73. The zero-order valence-corrected chi connectivity index (χ0v) is 8.15. The first kappa shape index (κ1) is 9.24. The van der Waals surface area contributed by atoms with Crippen LogP contribution in [0.3, 0.4) is 0 Å². The molecular formula is C10H12O4. The Labute approximate surface area is 81.9 Å². The summed E-state index contributed by atoms with van der Waals surface area (Å²) in [5, 5.41) is 0. The molecule has 76 valence electrons. The summed E-state index contributed by atoms with van der Waals surface area (Å²) < 4.78 is 9.92. The van der Waals surface area contributed by atoms with Gasteiger partial charge in [0.15, 0.2) is 0 Å². The van der Waals surface area contributed by atoms with Gasteiger partial charge in [0.1, 0.15) is 11.9 Å². The Bertz CT molecular complexity index is 318. The van der Waals surface area contributed by atoms with Crippen molar-refractivity contribution in [2.45, 2.75) is 26.4 Å². The molecule has 0 saturated carbocycles. The average Bonchev–Trinajstić information content (AvgIpc) is 2.55. The number of allylic oxidation sites excluding steroid dienone is 1. The molecule has 0 aromatic carbocycles. The highest BCUT2D eigenvalue weighted by atomic mass is 16.6. The SMILES string of the molecule is CC1=CC(C2CC(=O)OC2C)C(=O)O1. The molecule has 1 saturated heterocycles. The Morgan fingerprint density at radius 2 is 2.14 bits per heavy atom. The number of hydrogen-bond acceptors (Lipinski definition) is 4. The molecule has 0 spiro atoms. The van der Waals surface area contributed by atoms with E-state index >= 15 is 0 Å². The number of carbonyl (C=O) groups excluding carboxylic acids is 2. The Balaban J connectivity index is 2.16. The van der Waals surface area contributed by atoms with Gasteiger partial charge in [-0.25, -0.2) is 0 Å². The van der Waals surface area contributed by atoms with Crippen LogP contribution < -0.4 is 0 Å². The van der Waals surface area contributed by atoms with E-state index in [0.29, 0.717) is 12.2 Å². The number of esters is 2. The molecule has 0 radical (unpaired) electrons. The summed E-state index contributed by atoms with van der Waals surface area (Å²) >= 11 is 0. The van der Waals surface area contributed by atoms with Gasteiger partial charge in [0.2, 0.25) is 0 Å². The van der Waals surface area contributed by atoms with Crippen molar-refractivity contribution in [3.8, 4) is 0 Å². The number of hydrogen-bond donors (Lipinski definition) is 0. The summed E-state index contributed by atoms with van der Waals surface area (Å²) in [6, 6.07) is 0.